The molecule has 1 saturated carbocycles. The SMILES string of the molecule is CC[C@@H](C)[C@@H](NC(N)=O)C(=O)NC1CCCCCC1. The van der Waals surface area contributed by atoms with Crippen LogP contribution in [0.3, 0.4) is 0 Å². The van der Waals surface area contributed by atoms with Gasteiger partial charge in [0.25, 0.3) is 0 Å². The molecule has 0 aliphatic heterocycles. The maximum Gasteiger partial charge on any atom is 0.312 e. The Hall–Kier alpha value is -1.26. The molecule has 0 aromatic carbocycles. The molecule has 0 saturated heterocycles. The fraction of sp³-hybridized carbons (Fsp3) is 0.857. The lowest BCUT2D eigenvalue weighted by Crippen LogP contribution is -2.53. The van der Waals surface area contributed by atoms with Gasteiger partial charge in [0, 0.05) is 6.04 Å². The molecule has 0 unspecified atom stereocenters. The Morgan fingerprint density at radius 2 is 1.79 bits per heavy atom. The van der Waals surface area contributed by atoms with Gasteiger partial charge in [-0.05, 0) is 18.8 Å². The van der Waals surface area contributed by atoms with Gasteiger partial charge >= 0.3 is 6.03 Å². The molecule has 19 heavy (non-hydrogen) atoms. The maximum atomic E-state index is 12.3. The molecule has 0 aromatic heterocycles. The number of carbonyl (C=O) groups is 2. The van der Waals surface area contributed by atoms with E-state index in [4.69, 9.17) is 5.73 Å². The largest absolute Gasteiger partial charge is 0.352 e. The standard InChI is InChI=1S/C14H27N3O2/c1-3-10(2)12(17-14(15)19)13(18)16-11-8-6-4-5-7-9-11/h10-12H,3-9H2,1-2H3,(H,16,18)(H3,15,17,19)/t10-,12-/m1/s1. The van der Waals surface area contributed by atoms with Crippen molar-refractivity contribution in [2.24, 2.45) is 11.7 Å². The molecule has 1 aliphatic rings. The number of nitrogens with one attached hydrogen (secondary N) is 2. The van der Waals surface area contributed by atoms with Crippen LogP contribution in [0.25, 0.3) is 0 Å². The molecule has 1 aliphatic carbocycles. The highest BCUT2D eigenvalue weighted by Gasteiger charge is 2.27. The molecule has 2 atom stereocenters. The summed E-state index contributed by atoms with van der Waals surface area (Å²) in [6.45, 7) is 3.95. The quantitative estimate of drug-likeness (QED) is 0.666. The van der Waals surface area contributed by atoms with Gasteiger partial charge < -0.3 is 16.4 Å². The van der Waals surface area contributed by atoms with Crippen molar-refractivity contribution in [1.29, 1.82) is 0 Å². The van der Waals surface area contributed by atoms with Crippen LogP contribution < -0.4 is 16.4 Å². The highest BCUT2D eigenvalue weighted by atomic mass is 16.2. The van der Waals surface area contributed by atoms with Crippen molar-refractivity contribution in [2.45, 2.75) is 70.9 Å². The van der Waals surface area contributed by atoms with E-state index in [0.717, 1.165) is 19.3 Å². The summed E-state index contributed by atoms with van der Waals surface area (Å²) >= 11 is 0. The first-order valence-electron chi connectivity index (χ1n) is 7.41. The predicted octanol–water partition coefficient (Wildman–Crippen LogP) is 1.91. The van der Waals surface area contributed by atoms with Crippen LogP contribution in [0.5, 0.6) is 0 Å². The van der Waals surface area contributed by atoms with Gasteiger partial charge in [0.05, 0.1) is 0 Å². The molecule has 4 N–H and O–H groups in total. The monoisotopic (exact) mass is 269 g/mol. The van der Waals surface area contributed by atoms with Gasteiger partial charge in [-0.2, -0.15) is 0 Å². The second-order valence-electron chi connectivity index (χ2n) is 5.57. The maximum absolute atomic E-state index is 12.3. The molecular formula is C14H27N3O2. The predicted molar refractivity (Wildman–Crippen MR) is 75.6 cm³/mol. The Balaban J connectivity index is 2.56. The van der Waals surface area contributed by atoms with Gasteiger partial charge in [-0.15, -0.1) is 0 Å². The van der Waals surface area contributed by atoms with E-state index < -0.39 is 12.1 Å². The minimum absolute atomic E-state index is 0.0817. The molecule has 0 bridgehead atoms. The summed E-state index contributed by atoms with van der Waals surface area (Å²) in [4.78, 5) is 23.3. The normalized spacial score (nSPS) is 20.1. The molecule has 3 amide bonds. The molecule has 5 nitrogen and oxygen atoms in total. The lowest BCUT2D eigenvalue weighted by molar-refractivity contribution is -0.124. The Morgan fingerprint density at radius 3 is 2.26 bits per heavy atom. The Labute approximate surface area is 115 Å². The zero-order valence-corrected chi connectivity index (χ0v) is 12.1. The average Bonchev–Trinajstić information content (AvgIpc) is 2.63. The van der Waals surface area contributed by atoms with Crippen LogP contribution in [0.2, 0.25) is 0 Å². The zero-order valence-electron chi connectivity index (χ0n) is 12.1. The Kier molecular flexibility index (Phi) is 6.67. The molecule has 110 valence electrons. The van der Waals surface area contributed by atoms with Gasteiger partial charge in [-0.3, -0.25) is 4.79 Å². The first kappa shape index (κ1) is 15.8. The fourth-order valence-corrected chi connectivity index (χ4v) is 2.57. The summed E-state index contributed by atoms with van der Waals surface area (Å²) in [5.41, 5.74) is 5.15. The number of primary amides is 1. The van der Waals surface area contributed by atoms with Crippen LogP contribution in [-0.2, 0) is 4.79 Å². The zero-order chi connectivity index (χ0) is 14.3. The Morgan fingerprint density at radius 1 is 1.21 bits per heavy atom. The Bertz CT molecular complexity index is 299. The number of nitrogens with two attached hydrogens (primary N) is 1. The summed E-state index contributed by atoms with van der Waals surface area (Å²) in [6.07, 6.45) is 7.74. The van der Waals surface area contributed by atoms with E-state index in [0.29, 0.717) is 0 Å². The number of carbonyl (C=O) groups excluding carboxylic acids is 2. The third kappa shape index (κ3) is 5.49. The van der Waals surface area contributed by atoms with Crippen molar-refractivity contribution >= 4 is 11.9 Å². The smallest absolute Gasteiger partial charge is 0.312 e. The van der Waals surface area contributed by atoms with E-state index in [1.165, 1.54) is 25.7 Å². The van der Waals surface area contributed by atoms with Gasteiger partial charge in [0.15, 0.2) is 0 Å². The minimum Gasteiger partial charge on any atom is -0.352 e. The van der Waals surface area contributed by atoms with Gasteiger partial charge in [0.2, 0.25) is 5.91 Å². The first-order chi connectivity index (χ1) is 9.04. The number of hydrogen-bond donors (Lipinski definition) is 3. The third-order valence-corrected chi connectivity index (χ3v) is 3.99. The van der Waals surface area contributed by atoms with Crippen molar-refractivity contribution in [1.82, 2.24) is 10.6 Å². The number of hydrogen-bond acceptors (Lipinski definition) is 2. The van der Waals surface area contributed by atoms with E-state index in [9.17, 15) is 9.59 Å². The van der Waals surface area contributed by atoms with Crippen LogP contribution >= 0.6 is 0 Å². The second kappa shape index (κ2) is 8.02. The van der Waals surface area contributed by atoms with E-state index in [-0.39, 0.29) is 17.9 Å². The van der Waals surface area contributed by atoms with Crippen LogP contribution in [0.4, 0.5) is 4.79 Å². The molecule has 0 heterocycles. The number of amides is 3. The lowest BCUT2D eigenvalue weighted by atomic mass is 9.97. The summed E-state index contributed by atoms with van der Waals surface area (Å²) in [6, 6.07) is -0.914. The van der Waals surface area contributed by atoms with E-state index >= 15 is 0 Å². The third-order valence-electron chi connectivity index (χ3n) is 3.99. The van der Waals surface area contributed by atoms with Crippen LogP contribution in [0, 0.1) is 5.92 Å². The molecule has 1 fully saturated rings. The van der Waals surface area contributed by atoms with Gasteiger partial charge in [-0.1, -0.05) is 46.0 Å². The summed E-state index contributed by atoms with van der Waals surface area (Å²) in [7, 11) is 0. The van der Waals surface area contributed by atoms with Crippen molar-refractivity contribution in [2.75, 3.05) is 0 Å². The summed E-state index contributed by atoms with van der Waals surface area (Å²) in [5.74, 6) is -0.0154. The molecule has 1 rings (SSSR count). The highest BCUT2D eigenvalue weighted by molar-refractivity contribution is 5.86. The summed E-state index contributed by atoms with van der Waals surface area (Å²) in [5, 5.41) is 5.63. The lowest BCUT2D eigenvalue weighted by Gasteiger charge is -2.25. The van der Waals surface area contributed by atoms with E-state index in [1.807, 2.05) is 13.8 Å². The van der Waals surface area contributed by atoms with E-state index in [1.54, 1.807) is 0 Å². The topological polar surface area (TPSA) is 84.2 Å². The fourth-order valence-electron chi connectivity index (χ4n) is 2.57. The molecule has 0 spiro atoms. The molecular weight excluding hydrogens is 242 g/mol. The highest BCUT2D eigenvalue weighted by Crippen LogP contribution is 2.18. The van der Waals surface area contributed by atoms with Crippen LogP contribution in [0.15, 0.2) is 0 Å². The van der Waals surface area contributed by atoms with Crippen molar-refractivity contribution in [3.63, 3.8) is 0 Å². The molecule has 0 radical (unpaired) electrons. The van der Waals surface area contributed by atoms with Gasteiger partial charge in [0.1, 0.15) is 6.04 Å². The molecule has 5 heteroatoms. The van der Waals surface area contributed by atoms with Gasteiger partial charge in [-0.25, -0.2) is 4.79 Å². The first-order valence-corrected chi connectivity index (χ1v) is 7.41. The van der Waals surface area contributed by atoms with Crippen molar-refractivity contribution < 1.29 is 9.59 Å². The average molecular weight is 269 g/mol. The van der Waals surface area contributed by atoms with Crippen molar-refractivity contribution in [3.05, 3.63) is 0 Å². The second-order valence-corrected chi connectivity index (χ2v) is 5.57. The number of rotatable bonds is 5. The van der Waals surface area contributed by atoms with Crippen LogP contribution in [-0.4, -0.2) is 24.0 Å². The van der Waals surface area contributed by atoms with Crippen molar-refractivity contribution in [3.8, 4) is 0 Å². The molecule has 0 aromatic rings. The minimum atomic E-state index is -0.638. The van der Waals surface area contributed by atoms with E-state index in [2.05, 4.69) is 10.6 Å². The van der Waals surface area contributed by atoms with Crippen LogP contribution in [0.1, 0.15) is 58.8 Å². The summed E-state index contributed by atoms with van der Waals surface area (Å²) < 4.78 is 0. The number of urea groups is 1.